The molecule has 3 aromatic rings. The summed E-state index contributed by atoms with van der Waals surface area (Å²) in [5.74, 6) is 0.266. The SMILES string of the molecule is CCn1c(SCC(=O)Nc2ccc([N+](=O)[O-])cc2C)nnc1[C@@H](CO)NC(=O)c1ccc(OC)cc1. The van der Waals surface area contributed by atoms with Crippen LogP contribution in [-0.4, -0.2) is 56.1 Å². The van der Waals surface area contributed by atoms with E-state index in [4.69, 9.17) is 4.74 Å². The van der Waals surface area contributed by atoms with Crippen molar-refractivity contribution < 1.29 is 24.4 Å². The van der Waals surface area contributed by atoms with Gasteiger partial charge >= 0.3 is 0 Å². The molecule has 190 valence electrons. The number of hydrogen-bond acceptors (Lipinski definition) is 9. The molecule has 0 bridgehead atoms. The van der Waals surface area contributed by atoms with Crippen molar-refractivity contribution in [2.75, 3.05) is 24.8 Å². The minimum atomic E-state index is -0.807. The molecule has 1 heterocycles. The molecule has 3 rings (SSSR count). The third-order valence-corrected chi connectivity index (χ3v) is 6.21. The van der Waals surface area contributed by atoms with Crippen molar-refractivity contribution in [3.8, 4) is 5.75 Å². The average molecular weight is 515 g/mol. The predicted molar refractivity (Wildman–Crippen MR) is 133 cm³/mol. The van der Waals surface area contributed by atoms with Crippen molar-refractivity contribution in [1.82, 2.24) is 20.1 Å². The van der Waals surface area contributed by atoms with Gasteiger partial charge in [-0.15, -0.1) is 10.2 Å². The van der Waals surface area contributed by atoms with Gasteiger partial charge in [-0.25, -0.2) is 0 Å². The third kappa shape index (κ3) is 6.37. The second kappa shape index (κ2) is 12.1. The monoisotopic (exact) mass is 514 g/mol. The maximum Gasteiger partial charge on any atom is 0.269 e. The number of aliphatic hydroxyl groups is 1. The van der Waals surface area contributed by atoms with Crippen molar-refractivity contribution in [2.24, 2.45) is 0 Å². The molecular formula is C23H26N6O6S. The Morgan fingerprint density at radius 1 is 1.22 bits per heavy atom. The van der Waals surface area contributed by atoms with Crippen LogP contribution in [0.1, 0.15) is 34.7 Å². The Labute approximate surface area is 211 Å². The number of ether oxygens (including phenoxy) is 1. The first-order valence-electron chi connectivity index (χ1n) is 10.9. The number of methoxy groups -OCH3 is 1. The summed E-state index contributed by atoms with van der Waals surface area (Å²) in [5.41, 5.74) is 1.39. The summed E-state index contributed by atoms with van der Waals surface area (Å²) >= 11 is 1.14. The predicted octanol–water partition coefficient (Wildman–Crippen LogP) is 2.72. The first-order chi connectivity index (χ1) is 17.3. The number of thioether (sulfide) groups is 1. The summed E-state index contributed by atoms with van der Waals surface area (Å²) in [5, 5.41) is 35.0. The number of nitro groups is 1. The Morgan fingerprint density at radius 3 is 2.53 bits per heavy atom. The van der Waals surface area contributed by atoms with Crippen LogP contribution in [0.5, 0.6) is 5.75 Å². The van der Waals surface area contributed by atoms with Crippen LogP contribution in [0.15, 0.2) is 47.6 Å². The lowest BCUT2D eigenvalue weighted by Crippen LogP contribution is -2.32. The number of nitro benzene ring substituents is 1. The number of hydrogen-bond donors (Lipinski definition) is 3. The van der Waals surface area contributed by atoms with Crippen molar-refractivity contribution in [1.29, 1.82) is 0 Å². The van der Waals surface area contributed by atoms with Crippen molar-refractivity contribution in [2.45, 2.75) is 31.6 Å². The minimum Gasteiger partial charge on any atom is -0.497 e. The van der Waals surface area contributed by atoms with Gasteiger partial charge in [-0.3, -0.25) is 19.7 Å². The topological polar surface area (TPSA) is 162 Å². The van der Waals surface area contributed by atoms with E-state index in [1.54, 1.807) is 35.8 Å². The lowest BCUT2D eigenvalue weighted by Gasteiger charge is -2.17. The van der Waals surface area contributed by atoms with E-state index in [1.165, 1.54) is 25.3 Å². The van der Waals surface area contributed by atoms with E-state index in [9.17, 15) is 24.8 Å². The maximum atomic E-state index is 12.7. The highest BCUT2D eigenvalue weighted by Gasteiger charge is 2.23. The molecule has 1 atom stereocenters. The number of aliphatic hydroxyl groups excluding tert-OH is 1. The van der Waals surface area contributed by atoms with Gasteiger partial charge in [0.2, 0.25) is 5.91 Å². The van der Waals surface area contributed by atoms with E-state index in [0.717, 1.165) is 11.8 Å². The number of non-ortho nitro benzene ring substituents is 1. The highest BCUT2D eigenvalue weighted by atomic mass is 32.2. The number of aryl methyl sites for hydroxylation is 1. The lowest BCUT2D eigenvalue weighted by atomic mass is 10.2. The molecule has 0 radical (unpaired) electrons. The summed E-state index contributed by atoms with van der Waals surface area (Å²) in [7, 11) is 1.53. The fourth-order valence-corrected chi connectivity index (χ4v) is 4.17. The number of rotatable bonds is 11. The van der Waals surface area contributed by atoms with E-state index in [-0.39, 0.29) is 17.3 Å². The molecule has 0 aliphatic rings. The second-order valence-electron chi connectivity index (χ2n) is 7.62. The fraction of sp³-hybridized carbons (Fsp3) is 0.304. The van der Waals surface area contributed by atoms with Crippen molar-refractivity contribution >= 4 is 35.0 Å². The van der Waals surface area contributed by atoms with Gasteiger partial charge < -0.3 is 25.0 Å². The minimum absolute atomic E-state index is 0.0105. The van der Waals surface area contributed by atoms with Crippen LogP contribution in [-0.2, 0) is 11.3 Å². The molecule has 0 saturated carbocycles. The molecule has 0 spiro atoms. The highest BCUT2D eigenvalue weighted by Crippen LogP contribution is 2.24. The zero-order chi connectivity index (χ0) is 26.2. The molecule has 0 fully saturated rings. The van der Waals surface area contributed by atoms with E-state index in [2.05, 4.69) is 20.8 Å². The molecular weight excluding hydrogens is 488 g/mol. The number of nitrogens with one attached hydrogen (secondary N) is 2. The Bertz CT molecular complexity index is 1250. The third-order valence-electron chi connectivity index (χ3n) is 5.24. The molecule has 12 nitrogen and oxygen atoms in total. The Morgan fingerprint density at radius 2 is 1.94 bits per heavy atom. The summed E-state index contributed by atoms with van der Waals surface area (Å²) in [4.78, 5) is 35.5. The van der Waals surface area contributed by atoms with Crippen LogP contribution in [0.3, 0.4) is 0 Å². The zero-order valence-electron chi connectivity index (χ0n) is 19.9. The lowest BCUT2D eigenvalue weighted by molar-refractivity contribution is -0.384. The van der Waals surface area contributed by atoms with Crippen LogP contribution in [0.4, 0.5) is 11.4 Å². The number of aromatic nitrogens is 3. The van der Waals surface area contributed by atoms with Gasteiger partial charge in [-0.2, -0.15) is 0 Å². The number of carbonyl (C=O) groups is 2. The molecule has 13 heteroatoms. The molecule has 36 heavy (non-hydrogen) atoms. The molecule has 2 aromatic carbocycles. The normalized spacial score (nSPS) is 11.6. The zero-order valence-corrected chi connectivity index (χ0v) is 20.7. The largest absolute Gasteiger partial charge is 0.497 e. The standard InChI is InChI=1S/C23H26N6O6S/c1-4-28-21(19(12-30)25-22(32)15-5-8-17(35-3)9-6-15)26-27-23(28)36-13-20(31)24-18-10-7-16(29(33)34)11-14(18)2/h5-11,19,30H,4,12-13H2,1-3H3,(H,24,31)(H,25,32)/t19-/m1/s1. The Balaban J connectivity index is 1.65. The number of amides is 2. The number of carbonyl (C=O) groups excluding carboxylic acids is 2. The molecule has 0 saturated heterocycles. The van der Waals surface area contributed by atoms with Gasteiger partial charge in [0.25, 0.3) is 11.6 Å². The molecule has 0 aliphatic carbocycles. The average Bonchev–Trinajstić information content (AvgIpc) is 3.29. The first kappa shape index (κ1) is 26.6. The van der Waals surface area contributed by atoms with Crippen molar-refractivity contribution in [3.05, 3.63) is 69.5 Å². The van der Waals surface area contributed by atoms with Gasteiger partial charge in [0.1, 0.15) is 11.8 Å². The number of anilines is 1. The van der Waals surface area contributed by atoms with E-state index >= 15 is 0 Å². The van der Waals surface area contributed by atoms with Crippen LogP contribution >= 0.6 is 11.8 Å². The maximum absolute atomic E-state index is 12.7. The van der Waals surface area contributed by atoms with Crippen LogP contribution < -0.4 is 15.4 Å². The quantitative estimate of drug-likeness (QED) is 0.198. The van der Waals surface area contributed by atoms with E-state index in [0.29, 0.717) is 40.1 Å². The summed E-state index contributed by atoms with van der Waals surface area (Å²) in [6, 6.07) is 9.94. The van der Waals surface area contributed by atoms with Gasteiger partial charge in [0.15, 0.2) is 11.0 Å². The Hall–Kier alpha value is -3.97. The first-order valence-corrected chi connectivity index (χ1v) is 11.9. The number of benzene rings is 2. The van der Waals surface area contributed by atoms with Crippen molar-refractivity contribution in [3.63, 3.8) is 0 Å². The molecule has 2 amide bonds. The Kier molecular flexibility index (Phi) is 8.97. The van der Waals surface area contributed by atoms with E-state index in [1.807, 2.05) is 6.92 Å². The smallest absolute Gasteiger partial charge is 0.269 e. The summed E-state index contributed by atoms with van der Waals surface area (Å²) < 4.78 is 6.81. The number of nitrogens with zero attached hydrogens (tertiary/aromatic N) is 4. The van der Waals surface area contributed by atoms with Crippen LogP contribution in [0.2, 0.25) is 0 Å². The van der Waals surface area contributed by atoms with Gasteiger partial charge in [0, 0.05) is 29.9 Å². The molecule has 3 N–H and O–H groups in total. The van der Waals surface area contributed by atoms with Gasteiger partial charge in [-0.05, 0) is 49.7 Å². The van der Waals surface area contributed by atoms with Gasteiger partial charge in [0.05, 0.1) is 24.4 Å². The van der Waals surface area contributed by atoms with E-state index < -0.39 is 23.5 Å². The highest BCUT2D eigenvalue weighted by molar-refractivity contribution is 7.99. The fourth-order valence-electron chi connectivity index (χ4n) is 3.36. The molecule has 0 unspecified atom stereocenters. The van der Waals surface area contributed by atoms with Crippen LogP contribution in [0, 0.1) is 17.0 Å². The summed E-state index contributed by atoms with van der Waals surface area (Å²) in [6.07, 6.45) is 0. The van der Waals surface area contributed by atoms with Crippen LogP contribution in [0.25, 0.3) is 0 Å². The molecule has 1 aromatic heterocycles. The molecule has 0 aliphatic heterocycles. The van der Waals surface area contributed by atoms with Gasteiger partial charge in [-0.1, -0.05) is 11.8 Å². The summed E-state index contributed by atoms with van der Waals surface area (Å²) in [6.45, 7) is 3.58. The second-order valence-corrected chi connectivity index (χ2v) is 8.56.